The lowest BCUT2D eigenvalue weighted by atomic mass is 10.2. The molecule has 1 amide bonds. The number of carboxylic acids is 1. The number of piperidine rings is 1. The van der Waals surface area contributed by atoms with Gasteiger partial charge in [0, 0.05) is 5.69 Å². The molecule has 6 nitrogen and oxygen atoms in total. The van der Waals surface area contributed by atoms with Crippen molar-refractivity contribution >= 4 is 35.1 Å². The Morgan fingerprint density at radius 2 is 1.67 bits per heavy atom. The quantitative estimate of drug-likeness (QED) is 0.693. The monoisotopic (exact) mass is 389 g/mol. The van der Waals surface area contributed by atoms with E-state index in [1.165, 1.54) is 6.42 Å². The summed E-state index contributed by atoms with van der Waals surface area (Å²) in [5, 5.41) is 10.6. The third kappa shape index (κ3) is 5.88. The van der Waals surface area contributed by atoms with Gasteiger partial charge in [-0.2, -0.15) is 18.6 Å². The van der Waals surface area contributed by atoms with Gasteiger partial charge in [0.1, 0.15) is 11.7 Å². The van der Waals surface area contributed by atoms with Gasteiger partial charge >= 0.3 is 12.1 Å². The van der Waals surface area contributed by atoms with Crippen LogP contribution in [0.3, 0.4) is 0 Å². The molecule has 3 N–H and O–H groups in total. The van der Waals surface area contributed by atoms with Crippen LogP contribution in [0.4, 0.5) is 13.2 Å². The van der Waals surface area contributed by atoms with E-state index >= 15 is 0 Å². The maximum Gasteiger partial charge on any atom is 0.430 e. The van der Waals surface area contributed by atoms with E-state index in [2.05, 4.69) is 10.4 Å². The van der Waals surface area contributed by atoms with E-state index in [1.807, 2.05) is 0 Å². The molecule has 1 aliphatic rings. The summed E-state index contributed by atoms with van der Waals surface area (Å²) >= 11 is 11.9. The van der Waals surface area contributed by atoms with Gasteiger partial charge in [0.2, 0.25) is 0 Å². The van der Waals surface area contributed by atoms with Crippen molar-refractivity contribution in [3.05, 3.63) is 21.4 Å². The number of aromatic amines is 1. The highest BCUT2D eigenvalue weighted by molar-refractivity contribution is 6.44. The predicted molar refractivity (Wildman–Crippen MR) is 78.6 cm³/mol. The highest BCUT2D eigenvalue weighted by Crippen LogP contribution is 2.28. The lowest BCUT2D eigenvalue weighted by Gasteiger charge is -2.22. The van der Waals surface area contributed by atoms with Crippen molar-refractivity contribution < 1.29 is 32.9 Å². The lowest BCUT2D eigenvalue weighted by Crippen LogP contribution is -3.19. The average Bonchev–Trinajstić information content (AvgIpc) is 2.75. The summed E-state index contributed by atoms with van der Waals surface area (Å²) in [7, 11) is 0. The number of halogens is 5. The van der Waals surface area contributed by atoms with Gasteiger partial charge in [0.25, 0.3) is 0 Å². The highest BCUT2D eigenvalue weighted by atomic mass is 35.5. The van der Waals surface area contributed by atoms with Crippen molar-refractivity contribution in [2.24, 2.45) is 0 Å². The van der Waals surface area contributed by atoms with Crippen LogP contribution in [0.1, 0.15) is 35.4 Å². The Kier molecular flexibility index (Phi) is 7.37. The van der Waals surface area contributed by atoms with E-state index in [4.69, 9.17) is 33.1 Å². The zero-order chi connectivity index (χ0) is 18.5. The second kappa shape index (κ2) is 8.59. The Morgan fingerprint density at radius 1 is 1.17 bits per heavy atom. The minimum atomic E-state index is -5.19. The Labute approximate surface area is 145 Å². The summed E-state index contributed by atoms with van der Waals surface area (Å²) < 4.78 is 31.5. The van der Waals surface area contributed by atoms with Crippen LogP contribution in [0.15, 0.2) is 0 Å². The van der Waals surface area contributed by atoms with Gasteiger partial charge in [0.15, 0.2) is 0 Å². The smallest absolute Gasteiger partial charge is 0.430 e. The molecular formula is C13H16Cl2F3N3O3. The molecule has 1 aliphatic heterocycles. The number of hydrogen-bond donors (Lipinski definition) is 3. The largest absolute Gasteiger partial charge is 0.542 e. The maximum absolute atomic E-state index is 12.0. The van der Waals surface area contributed by atoms with Crippen molar-refractivity contribution in [1.29, 1.82) is 0 Å². The molecule has 0 radical (unpaired) electrons. The second-order valence-electron chi connectivity index (χ2n) is 5.16. The number of aliphatic carboxylic acids is 1. The number of nitrogens with one attached hydrogen (secondary N) is 3. The molecule has 0 aliphatic carbocycles. The van der Waals surface area contributed by atoms with Gasteiger partial charge in [-0.1, -0.05) is 23.2 Å². The molecule has 0 bridgehead atoms. The summed E-state index contributed by atoms with van der Waals surface area (Å²) in [5.74, 6) is -3.20. The minimum absolute atomic E-state index is 0.193. The number of alkyl halides is 3. The van der Waals surface area contributed by atoms with Crippen LogP contribution in [0.2, 0.25) is 10.0 Å². The fraction of sp³-hybridized carbons (Fsp3) is 0.538. The molecule has 1 aromatic heterocycles. The summed E-state index contributed by atoms with van der Waals surface area (Å²) in [6, 6.07) is 0. The standard InChI is InChI=1S/C11H15Cl2N3O.C2HF3O2/c1-7-8(12)9(13)10(14-7)11(17)15-16-5-3-2-4-6-16;3-2(4,5)1(6)7/h14H,2-6H2,1H3,(H,15,17);(H,6,7). The van der Waals surface area contributed by atoms with E-state index in [9.17, 15) is 18.0 Å². The number of amides is 1. The zero-order valence-corrected chi connectivity index (χ0v) is 14.2. The zero-order valence-electron chi connectivity index (χ0n) is 12.7. The van der Waals surface area contributed by atoms with Crippen LogP contribution < -0.4 is 15.5 Å². The molecule has 24 heavy (non-hydrogen) atoms. The van der Waals surface area contributed by atoms with Crippen molar-refractivity contribution in [3.63, 3.8) is 0 Å². The van der Waals surface area contributed by atoms with E-state index in [0.717, 1.165) is 36.6 Å². The van der Waals surface area contributed by atoms with Crippen LogP contribution in [0, 0.1) is 6.92 Å². The fourth-order valence-corrected chi connectivity index (χ4v) is 2.47. The van der Waals surface area contributed by atoms with Crippen molar-refractivity contribution in [1.82, 2.24) is 10.4 Å². The summed E-state index contributed by atoms with van der Waals surface area (Å²) in [5.41, 5.74) is 3.99. The Morgan fingerprint density at radius 3 is 2.04 bits per heavy atom. The normalized spacial score (nSPS) is 15.4. The van der Waals surface area contributed by atoms with E-state index in [0.29, 0.717) is 15.7 Å². The van der Waals surface area contributed by atoms with Crippen molar-refractivity contribution in [3.8, 4) is 0 Å². The van der Waals surface area contributed by atoms with E-state index < -0.39 is 12.1 Å². The summed E-state index contributed by atoms with van der Waals surface area (Å²) in [6.45, 7) is 3.73. The van der Waals surface area contributed by atoms with Gasteiger partial charge in [-0.3, -0.25) is 4.79 Å². The van der Waals surface area contributed by atoms with Crippen LogP contribution in [0.25, 0.3) is 0 Å². The van der Waals surface area contributed by atoms with Gasteiger partial charge in [0.05, 0.1) is 23.1 Å². The number of hydrogen-bond acceptors (Lipinski definition) is 3. The first-order valence-corrected chi connectivity index (χ1v) is 7.77. The molecule has 0 aromatic carbocycles. The number of carbonyl (C=O) groups excluding carboxylic acids is 2. The molecule has 0 saturated carbocycles. The van der Waals surface area contributed by atoms with Crippen LogP contribution in [0.5, 0.6) is 0 Å². The molecule has 1 fully saturated rings. The second-order valence-corrected chi connectivity index (χ2v) is 5.91. The van der Waals surface area contributed by atoms with Gasteiger partial charge in [-0.25, -0.2) is 5.01 Å². The third-order valence-electron chi connectivity index (χ3n) is 3.26. The van der Waals surface area contributed by atoms with Gasteiger partial charge < -0.3 is 14.9 Å². The number of aromatic nitrogens is 1. The molecular weight excluding hydrogens is 374 g/mol. The fourth-order valence-electron chi connectivity index (χ4n) is 2.05. The Balaban J connectivity index is 0.000000351. The SMILES string of the molecule is Cc1[nH]c(C(=O)N[NH+]2CCCCC2)c(Cl)c1Cl.O=C([O-])C(F)(F)F. The molecule has 1 aromatic rings. The average molecular weight is 390 g/mol. The molecule has 2 heterocycles. The van der Waals surface area contributed by atoms with Crippen LogP contribution in [-0.4, -0.2) is 36.1 Å². The third-order valence-corrected chi connectivity index (χ3v) is 4.21. The van der Waals surface area contributed by atoms with Crippen molar-refractivity contribution in [2.45, 2.75) is 32.4 Å². The maximum atomic E-state index is 12.0. The lowest BCUT2D eigenvalue weighted by molar-refractivity contribution is -0.940. The molecule has 136 valence electrons. The number of aryl methyl sites for hydroxylation is 1. The number of H-pyrrole nitrogens is 1. The predicted octanol–water partition coefficient (Wildman–Crippen LogP) is 0.642. The minimum Gasteiger partial charge on any atom is -0.542 e. The molecule has 0 spiro atoms. The number of quaternary nitrogens is 1. The number of carboxylic acid groups (broad SMARTS) is 1. The highest BCUT2D eigenvalue weighted by Gasteiger charge is 2.28. The molecule has 11 heteroatoms. The first-order valence-electron chi connectivity index (χ1n) is 7.01. The molecule has 0 atom stereocenters. The summed E-state index contributed by atoms with van der Waals surface area (Å²) in [4.78, 5) is 23.7. The Hall–Kier alpha value is -1.45. The molecule has 2 rings (SSSR count). The van der Waals surface area contributed by atoms with Gasteiger partial charge in [-0.15, -0.1) is 0 Å². The Bertz CT molecular complexity index is 599. The van der Waals surface area contributed by atoms with Gasteiger partial charge in [-0.05, 0) is 26.2 Å². The van der Waals surface area contributed by atoms with E-state index in [1.54, 1.807) is 6.92 Å². The van der Waals surface area contributed by atoms with E-state index in [-0.39, 0.29) is 5.91 Å². The number of carbonyl (C=O) groups is 2. The first kappa shape index (κ1) is 20.6. The molecule has 1 saturated heterocycles. The van der Waals surface area contributed by atoms with Crippen molar-refractivity contribution in [2.75, 3.05) is 13.1 Å². The summed E-state index contributed by atoms with van der Waals surface area (Å²) in [6.07, 6.45) is -1.66. The molecule has 0 unspecified atom stereocenters. The van der Waals surface area contributed by atoms with Crippen LogP contribution >= 0.6 is 23.2 Å². The first-order chi connectivity index (χ1) is 11.0. The topological polar surface area (TPSA) is 89.5 Å². The number of rotatable bonds is 2. The van der Waals surface area contributed by atoms with Crippen LogP contribution in [-0.2, 0) is 4.79 Å².